The Morgan fingerprint density at radius 2 is 2.55 bits per heavy atom. The predicted octanol–water partition coefficient (Wildman–Crippen LogP) is 3.25. The Kier molecular flexibility index (Phi) is 3.57. The third-order valence-corrected chi connectivity index (χ3v) is 2.77. The van der Waals surface area contributed by atoms with Crippen LogP contribution in [0.15, 0.2) is 11.6 Å². The lowest BCUT2D eigenvalue weighted by Gasteiger charge is -2.05. The van der Waals surface area contributed by atoms with E-state index >= 15 is 0 Å². The topological polar surface area (TPSA) is 12.9 Å². The minimum atomic E-state index is 0.622. The highest BCUT2D eigenvalue weighted by atomic mass is 32.1. The largest absolute Gasteiger partial charge is 0.249 e. The van der Waals surface area contributed by atoms with E-state index in [1.807, 2.05) is 11.6 Å². The molecule has 0 amide bonds. The second-order valence-electron chi connectivity index (χ2n) is 2.77. The summed E-state index contributed by atoms with van der Waals surface area (Å²) < 4.78 is 0. The van der Waals surface area contributed by atoms with Crippen LogP contribution in [0.3, 0.4) is 0 Å². The molecule has 0 N–H and O–H groups in total. The highest BCUT2D eigenvalue weighted by molar-refractivity contribution is 7.09. The lowest BCUT2D eigenvalue weighted by molar-refractivity contribution is 0.636. The van der Waals surface area contributed by atoms with Gasteiger partial charge in [0.05, 0.1) is 5.01 Å². The van der Waals surface area contributed by atoms with Crippen molar-refractivity contribution in [2.75, 3.05) is 0 Å². The van der Waals surface area contributed by atoms with Crippen LogP contribution in [0.25, 0.3) is 0 Å². The summed E-state index contributed by atoms with van der Waals surface area (Å²) in [6, 6.07) is 0. The maximum Gasteiger partial charge on any atom is 0.0953 e. The molecule has 1 nitrogen and oxygen atoms in total. The lowest BCUT2D eigenvalue weighted by Crippen LogP contribution is -1.91. The minimum absolute atomic E-state index is 0.622. The monoisotopic (exact) mass is 168 g/mol. The van der Waals surface area contributed by atoms with E-state index in [9.17, 15) is 0 Å². The van der Waals surface area contributed by atoms with E-state index in [-0.39, 0.29) is 0 Å². The lowest BCUT2D eigenvalue weighted by atomic mass is 10.1. The van der Waals surface area contributed by atoms with Gasteiger partial charge < -0.3 is 0 Å². The van der Waals surface area contributed by atoms with Crippen LogP contribution < -0.4 is 0 Å². The Bertz CT molecular complexity index is 181. The predicted molar refractivity (Wildman–Crippen MR) is 49.7 cm³/mol. The molecule has 1 rings (SSSR count). The molecule has 1 heterocycles. The summed E-state index contributed by atoms with van der Waals surface area (Å²) in [5.74, 6) is 0.622. The number of unbranched alkanes of at least 4 members (excludes halogenated alkanes) is 1. The van der Waals surface area contributed by atoms with Crippen molar-refractivity contribution in [3.05, 3.63) is 23.5 Å². The Balaban J connectivity index is 2.36. The van der Waals surface area contributed by atoms with Crippen molar-refractivity contribution in [1.82, 2.24) is 4.98 Å². The van der Waals surface area contributed by atoms with Crippen molar-refractivity contribution < 1.29 is 0 Å². The maximum atomic E-state index is 4.27. The van der Waals surface area contributed by atoms with Gasteiger partial charge in [0.1, 0.15) is 0 Å². The molecule has 11 heavy (non-hydrogen) atoms. The quantitative estimate of drug-likeness (QED) is 0.672. The van der Waals surface area contributed by atoms with E-state index in [0.29, 0.717) is 5.92 Å². The molecule has 1 aromatic rings. The summed E-state index contributed by atoms with van der Waals surface area (Å²) in [6.07, 6.45) is 5.34. The van der Waals surface area contributed by atoms with Gasteiger partial charge in [-0.25, -0.2) is 4.98 Å². The smallest absolute Gasteiger partial charge is 0.0953 e. The van der Waals surface area contributed by atoms with Crippen LogP contribution in [-0.2, 0) is 0 Å². The number of hydrogen-bond donors (Lipinski definition) is 0. The fourth-order valence-electron chi connectivity index (χ4n) is 1.05. The Morgan fingerprint density at radius 1 is 1.73 bits per heavy atom. The van der Waals surface area contributed by atoms with Crippen LogP contribution in [-0.4, -0.2) is 4.98 Å². The van der Waals surface area contributed by atoms with E-state index in [2.05, 4.69) is 18.8 Å². The van der Waals surface area contributed by atoms with Gasteiger partial charge in [-0.1, -0.05) is 26.7 Å². The van der Waals surface area contributed by atoms with Gasteiger partial charge in [0.15, 0.2) is 0 Å². The zero-order chi connectivity index (χ0) is 8.10. The highest BCUT2D eigenvalue weighted by Crippen LogP contribution is 2.22. The van der Waals surface area contributed by atoms with E-state index < -0.39 is 0 Å². The SMILES string of the molecule is [CH2]CCCC(C)c1nccs1. The Hall–Kier alpha value is -0.370. The first-order chi connectivity index (χ1) is 5.34. The molecule has 0 aliphatic heterocycles. The fourth-order valence-corrected chi connectivity index (χ4v) is 1.78. The van der Waals surface area contributed by atoms with Gasteiger partial charge in [-0.05, 0) is 6.42 Å². The van der Waals surface area contributed by atoms with Crippen LogP contribution in [0.4, 0.5) is 0 Å². The third kappa shape index (κ3) is 2.62. The van der Waals surface area contributed by atoms with Crippen molar-refractivity contribution in [1.29, 1.82) is 0 Å². The van der Waals surface area contributed by atoms with Crippen LogP contribution in [0.1, 0.15) is 37.1 Å². The highest BCUT2D eigenvalue weighted by Gasteiger charge is 2.05. The Labute approximate surface area is 72.5 Å². The normalized spacial score (nSPS) is 13.3. The molecule has 0 fully saturated rings. The number of rotatable bonds is 4. The summed E-state index contributed by atoms with van der Waals surface area (Å²) >= 11 is 1.75. The van der Waals surface area contributed by atoms with Gasteiger partial charge in [-0.15, -0.1) is 11.3 Å². The second-order valence-corrected chi connectivity index (χ2v) is 3.69. The molecule has 0 aliphatic carbocycles. The molecular weight excluding hydrogens is 154 g/mol. The number of hydrogen-bond acceptors (Lipinski definition) is 2. The second kappa shape index (κ2) is 4.50. The van der Waals surface area contributed by atoms with Gasteiger partial charge in [0, 0.05) is 17.5 Å². The van der Waals surface area contributed by atoms with Gasteiger partial charge in [0.25, 0.3) is 0 Å². The molecule has 61 valence electrons. The minimum Gasteiger partial charge on any atom is -0.249 e. The van der Waals surface area contributed by atoms with E-state index in [1.54, 1.807) is 11.3 Å². The molecule has 0 bridgehead atoms. The average Bonchev–Trinajstić information content (AvgIpc) is 2.52. The van der Waals surface area contributed by atoms with Crippen molar-refractivity contribution in [3.63, 3.8) is 0 Å². The average molecular weight is 168 g/mol. The molecule has 1 radical (unpaired) electrons. The zero-order valence-corrected chi connectivity index (χ0v) is 7.73. The summed E-state index contributed by atoms with van der Waals surface area (Å²) in [7, 11) is 0. The third-order valence-electron chi connectivity index (χ3n) is 1.76. The molecule has 0 saturated carbocycles. The summed E-state index contributed by atoms with van der Waals surface area (Å²) in [5, 5.41) is 3.30. The first-order valence-electron chi connectivity index (χ1n) is 4.03. The molecular formula is C9H14NS. The Morgan fingerprint density at radius 3 is 3.09 bits per heavy atom. The first kappa shape index (κ1) is 8.72. The molecule has 0 spiro atoms. The van der Waals surface area contributed by atoms with Crippen molar-refractivity contribution >= 4 is 11.3 Å². The van der Waals surface area contributed by atoms with Gasteiger partial charge in [-0.3, -0.25) is 0 Å². The van der Waals surface area contributed by atoms with Crippen LogP contribution in [0.5, 0.6) is 0 Å². The summed E-state index contributed by atoms with van der Waals surface area (Å²) in [4.78, 5) is 4.27. The van der Waals surface area contributed by atoms with Crippen LogP contribution in [0.2, 0.25) is 0 Å². The van der Waals surface area contributed by atoms with Crippen LogP contribution in [0, 0.1) is 6.92 Å². The number of nitrogens with zero attached hydrogens (tertiary/aromatic N) is 1. The fraction of sp³-hybridized carbons (Fsp3) is 0.556. The van der Waals surface area contributed by atoms with Gasteiger partial charge in [-0.2, -0.15) is 0 Å². The number of thiazole rings is 1. The van der Waals surface area contributed by atoms with Crippen molar-refractivity contribution in [3.8, 4) is 0 Å². The molecule has 0 aromatic carbocycles. The van der Waals surface area contributed by atoms with Crippen molar-refractivity contribution in [2.45, 2.75) is 32.1 Å². The molecule has 1 unspecified atom stereocenters. The van der Waals surface area contributed by atoms with Gasteiger partial charge >= 0.3 is 0 Å². The van der Waals surface area contributed by atoms with E-state index in [1.165, 1.54) is 17.8 Å². The van der Waals surface area contributed by atoms with E-state index in [4.69, 9.17) is 0 Å². The maximum absolute atomic E-state index is 4.27. The molecule has 0 saturated heterocycles. The number of aromatic nitrogens is 1. The molecule has 1 atom stereocenters. The summed E-state index contributed by atoms with van der Waals surface area (Å²) in [5.41, 5.74) is 0. The molecule has 1 aromatic heterocycles. The first-order valence-corrected chi connectivity index (χ1v) is 4.91. The summed E-state index contributed by atoms with van der Waals surface area (Å²) in [6.45, 7) is 6.05. The molecule has 0 aliphatic rings. The van der Waals surface area contributed by atoms with Crippen LogP contribution >= 0.6 is 11.3 Å². The van der Waals surface area contributed by atoms with Gasteiger partial charge in [0.2, 0.25) is 0 Å². The standard InChI is InChI=1S/C9H14NS/c1-3-4-5-8(2)9-10-6-7-11-9/h6-8H,1,3-5H2,2H3. The molecule has 2 heteroatoms. The van der Waals surface area contributed by atoms with E-state index in [0.717, 1.165) is 6.42 Å². The van der Waals surface area contributed by atoms with Crippen molar-refractivity contribution in [2.24, 2.45) is 0 Å². The zero-order valence-electron chi connectivity index (χ0n) is 6.92.